The number of thiophene rings is 1. The molecule has 0 radical (unpaired) electrons. The zero-order valence-electron chi connectivity index (χ0n) is 16.0. The maximum Gasteiger partial charge on any atom is 0.191 e. The summed E-state index contributed by atoms with van der Waals surface area (Å²) >= 11 is 1.86. The third kappa shape index (κ3) is 5.19. The Kier molecular flexibility index (Phi) is 6.92. The van der Waals surface area contributed by atoms with Crippen molar-refractivity contribution in [3.05, 3.63) is 21.9 Å². The highest BCUT2D eigenvalue weighted by atomic mass is 32.1. The van der Waals surface area contributed by atoms with E-state index in [1.165, 1.54) is 9.75 Å². The molecule has 7 heteroatoms. The van der Waals surface area contributed by atoms with E-state index in [1.807, 2.05) is 11.3 Å². The van der Waals surface area contributed by atoms with E-state index in [4.69, 9.17) is 4.74 Å². The topological polar surface area (TPSA) is 69.1 Å². The first kappa shape index (κ1) is 19.6. The molecule has 1 atom stereocenters. The van der Waals surface area contributed by atoms with Crippen LogP contribution in [0.15, 0.2) is 17.1 Å². The van der Waals surface area contributed by atoms with Crippen molar-refractivity contribution in [2.24, 2.45) is 4.99 Å². The van der Waals surface area contributed by atoms with Crippen molar-refractivity contribution >= 4 is 17.3 Å². The van der Waals surface area contributed by atoms with Gasteiger partial charge in [-0.25, -0.2) is 0 Å². The molecule has 3 rings (SSSR count). The number of rotatable bonds is 7. The van der Waals surface area contributed by atoms with E-state index >= 15 is 0 Å². The molecule has 146 valence electrons. The lowest BCUT2D eigenvalue weighted by Crippen LogP contribution is -2.47. The van der Waals surface area contributed by atoms with Gasteiger partial charge in [-0.1, -0.05) is 0 Å². The van der Waals surface area contributed by atoms with Crippen LogP contribution in [0.4, 0.5) is 0 Å². The van der Waals surface area contributed by atoms with Crippen molar-refractivity contribution in [2.75, 3.05) is 45.9 Å². The second kappa shape index (κ2) is 9.17. The van der Waals surface area contributed by atoms with Gasteiger partial charge in [-0.15, -0.1) is 11.3 Å². The molecule has 1 aromatic heterocycles. The molecule has 2 heterocycles. The lowest BCUT2D eigenvalue weighted by molar-refractivity contribution is -0.0236. The Hall–Kier alpha value is -1.15. The minimum Gasteiger partial charge on any atom is -0.388 e. The Morgan fingerprint density at radius 2 is 2.12 bits per heavy atom. The second-order valence-electron chi connectivity index (χ2n) is 7.27. The number of guanidine groups is 1. The van der Waals surface area contributed by atoms with Crippen LogP contribution in [0, 0.1) is 6.92 Å². The van der Waals surface area contributed by atoms with Crippen molar-refractivity contribution in [1.29, 1.82) is 0 Å². The van der Waals surface area contributed by atoms with Crippen LogP contribution in [0.25, 0.3) is 0 Å². The maximum atomic E-state index is 10.3. The molecule has 1 aliphatic heterocycles. The van der Waals surface area contributed by atoms with E-state index in [2.05, 4.69) is 46.5 Å². The van der Waals surface area contributed by atoms with E-state index in [0.717, 1.165) is 64.6 Å². The summed E-state index contributed by atoms with van der Waals surface area (Å²) in [6.07, 6.45) is 2.83. The summed E-state index contributed by atoms with van der Waals surface area (Å²) in [5.41, 5.74) is -0.586. The van der Waals surface area contributed by atoms with Crippen LogP contribution in [0.1, 0.15) is 42.0 Å². The number of aliphatic hydroxyl groups is 1. The summed E-state index contributed by atoms with van der Waals surface area (Å²) in [4.78, 5) is 9.84. The number of hydrogen-bond acceptors (Lipinski definition) is 5. The van der Waals surface area contributed by atoms with Gasteiger partial charge in [0.25, 0.3) is 0 Å². The summed E-state index contributed by atoms with van der Waals surface area (Å²) in [5.74, 6) is 0.791. The van der Waals surface area contributed by atoms with Crippen LogP contribution in [0.5, 0.6) is 0 Å². The van der Waals surface area contributed by atoms with Crippen molar-refractivity contribution in [3.63, 3.8) is 0 Å². The third-order valence-corrected chi connectivity index (χ3v) is 6.30. The molecule has 3 N–H and O–H groups in total. The molecular weight excluding hydrogens is 348 g/mol. The minimum absolute atomic E-state index is 0.313. The molecule has 1 unspecified atom stereocenters. The normalized spacial score (nSPS) is 21.9. The van der Waals surface area contributed by atoms with Gasteiger partial charge in [-0.05, 0) is 45.2 Å². The van der Waals surface area contributed by atoms with Gasteiger partial charge >= 0.3 is 0 Å². The van der Waals surface area contributed by atoms with Gasteiger partial charge in [-0.2, -0.15) is 0 Å². The monoisotopic (exact) mass is 380 g/mol. The van der Waals surface area contributed by atoms with Crippen LogP contribution in [0.2, 0.25) is 0 Å². The van der Waals surface area contributed by atoms with E-state index < -0.39 is 5.60 Å². The smallest absolute Gasteiger partial charge is 0.191 e. The van der Waals surface area contributed by atoms with Crippen molar-refractivity contribution in [3.8, 4) is 0 Å². The minimum atomic E-state index is -0.586. The van der Waals surface area contributed by atoms with Crippen molar-refractivity contribution in [2.45, 2.75) is 44.8 Å². The summed E-state index contributed by atoms with van der Waals surface area (Å²) in [5, 5.41) is 17.1. The molecule has 2 fully saturated rings. The van der Waals surface area contributed by atoms with Gasteiger partial charge in [0.05, 0.1) is 31.4 Å². The number of nitrogens with zero attached hydrogens (tertiary/aromatic N) is 2. The predicted molar refractivity (Wildman–Crippen MR) is 107 cm³/mol. The average molecular weight is 381 g/mol. The lowest BCUT2D eigenvalue weighted by Gasteiger charge is -2.36. The fourth-order valence-electron chi connectivity index (χ4n) is 3.44. The standard InChI is InChI=1S/C19H32N4O2S/c1-3-20-18(22-14-19(24)7-4-8-19)21-13-16(17-6-5-15(2)26-17)23-9-11-25-12-10-23/h5-6,16,24H,3-4,7-14H2,1-2H3,(H2,20,21,22). The van der Waals surface area contributed by atoms with Crippen LogP contribution in [0.3, 0.4) is 0 Å². The van der Waals surface area contributed by atoms with Gasteiger partial charge in [-0.3, -0.25) is 9.89 Å². The fourth-order valence-corrected chi connectivity index (χ4v) is 4.45. The zero-order chi connectivity index (χ0) is 18.4. The first-order valence-electron chi connectivity index (χ1n) is 9.72. The van der Waals surface area contributed by atoms with Crippen LogP contribution < -0.4 is 10.6 Å². The lowest BCUT2D eigenvalue weighted by atomic mass is 9.80. The summed E-state index contributed by atoms with van der Waals surface area (Å²) in [6, 6.07) is 4.75. The molecular formula is C19H32N4O2S. The fraction of sp³-hybridized carbons (Fsp3) is 0.737. The summed E-state index contributed by atoms with van der Waals surface area (Å²) in [7, 11) is 0. The van der Waals surface area contributed by atoms with E-state index in [-0.39, 0.29) is 0 Å². The largest absolute Gasteiger partial charge is 0.388 e. The van der Waals surface area contributed by atoms with Crippen molar-refractivity contribution in [1.82, 2.24) is 15.5 Å². The molecule has 0 amide bonds. The molecule has 1 aromatic rings. The van der Waals surface area contributed by atoms with Crippen LogP contribution in [-0.2, 0) is 4.74 Å². The molecule has 6 nitrogen and oxygen atoms in total. The Labute approximate surface area is 160 Å². The highest BCUT2D eigenvalue weighted by Gasteiger charge is 2.34. The van der Waals surface area contributed by atoms with E-state index in [9.17, 15) is 5.11 Å². The molecule has 0 spiro atoms. The summed E-state index contributed by atoms with van der Waals surface area (Å²) < 4.78 is 5.53. The van der Waals surface area contributed by atoms with Crippen LogP contribution in [-0.4, -0.2) is 67.5 Å². The molecule has 26 heavy (non-hydrogen) atoms. The summed E-state index contributed by atoms with van der Waals surface area (Å²) in [6.45, 7) is 9.80. The second-order valence-corrected chi connectivity index (χ2v) is 8.59. The Morgan fingerprint density at radius 3 is 2.69 bits per heavy atom. The van der Waals surface area contributed by atoms with Gasteiger partial charge in [0, 0.05) is 35.9 Å². The Bertz CT molecular complexity index is 594. The van der Waals surface area contributed by atoms with Crippen molar-refractivity contribution < 1.29 is 9.84 Å². The predicted octanol–water partition coefficient (Wildman–Crippen LogP) is 1.90. The number of hydrogen-bond donors (Lipinski definition) is 3. The zero-order valence-corrected chi connectivity index (χ0v) is 16.8. The number of morpholine rings is 1. The molecule has 1 aliphatic carbocycles. The first-order chi connectivity index (χ1) is 12.6. The van der Waals surface area contributed by atoms with E-state index in [0.29, 0.717) is 12.6 Å². The third-order valence-electron chi connectivity index (χ3n) is 5.20. The highest BCUT2D eigenvalue weighted by molar-refractivity contribution is 7.12. The molecule has 0 aromatic carbocycles. The molecule has 2 aliphatic rings. The maximum absolute atomic E-state index is 10.3. The Morgan fingerprint density at radius 1 is 1.35 bits per heavy atom. The van der Waals surface area contributed by atoms with Gasteiger partial charge in [0.2, 0.25) is 0 Å². The SMILES string of the molecule is CCNC(=NCC1(O)CCC1)NCC(c1ccc(C)s1)N1CCOCC1. The van der Waals surface area contributed by atoms with Crippen LogP contribution >= 0.6 is 11.3 Å². The number of nitrogens with one attached hydrogen (secondary N) is 2. The highest BCUT2D eigenvalue weighted by Crippen LogP contribution is 2.31. The van der Waals surface area contributed by atoms with Gasteiger partial charge < -0.3 is 20.5 Å². The quantitative estimate of drug-likeness (QED) is 0.498. The first-order valence-corrected chi connectivity index (χ1v) is 10.5. The molecule has 0 bridgehead atoms. The van der Waals surface area contributed by atoms with E-state index in [1.54, 1.807) is 0 Å². The number of aliphatic imine (C=N–C) groups is 1. The molecule has 1 saturated carbocycles. The van der Waals surface area contributed by atoms with Gasteiger partial charge in [0.1, 0.15) is 0 Å². The van der Waals surface area contributed by atoms with Gasteiger partial charge in [0.15, 0.2) is 5.96 Å². The average Bonchev–Trinajstić information content (AvgIpc) is 3.05. The Balaban J connectivity index is 1.65. The molecule has 1 saturated heterocycles. The number of ether oxygens (including phenoxy) is 1. The number of aryl methyl sites for hydroxylation is 1.